The number of carbonyl (C=O) groups is 2. The molecule has 0 aromatic carbocycles. The highest BCUT2D eigenvalue weighted by Gasteiger charge is 2.27. The predicted molar refractivity (Wildman–Crippen MR) is 84.1 cm³/mol. The van der Waals surface area contributed by atoms with Gasteiger partial charge in [0.2, 0.25) is 5.91 Å². The number of ether oxygens (including phenoxy) is 1. The summed E-state index contributed by atoms with van der Waals surface area (Å²) in [5.74, 6) is 0.530. The van der Waals surface area contributed by atoms with Gasteiger partial charge in [0.15, 0.2) is 0 Å². The molecule has 0 radical (unpaired) electrons. The average Bonchev–Trinajstić information content (AvgIpc) is 3.00. The molecule has 0 spiro atoms. The first-order valence-electron chi connectivity index (χ1n) is 8.38. The Bertz CT molecular complexity index is 559. The van der Waals surface area contributed by atoms with Crippen LogP contribution in [0.5, 0.6) is 0 Å². The van der Waals surface area contributed by atoms with Gasteiger partial charge in [-0.2, -0.15) is 0 Å². The van der Waals surface area contributed by atoms with E-state index in [1.807, 2.05) is 0 Å². The summed E-state index contributed by atoms with van der Waals surface area (Å²) in [4.78, 5) is 26.4. The van der Waals surface area contributed by atoms with Crippen molar-refractivity contribution in [3.05, 3.63) is 23.7 Å². The number of hydrogen-bond donors (Lipinski definition) is 1. The largest absolute Gasteiger partial charge is 0.469 e. The molecule has 1 aromatic rings. The van der Waals surface area contributed by atoms with E-state index in [2.05, 4.69) is 5.32 Å². The fourth-order valence-electron chi connectivity index (χ4n) is 2.85. The van der Waals surface area contributed by atoms with Gasteiger partial charge in [0.1, 0.15) is 5.76 Å². The summed E-state index contributed by atoms with van der Waals surface area (Å²) in [5.41, 5.74) is 0.561. The van der Waals surface area contributed by atoms with Crippen molar-refractivity contribution in [2.24, 2.45) is 0 Å². The fourth-order valence-corrected chi connectivity index (χ4v) is 2.85. The molecule has 2 amide bonds. The van der Waals surface area contributed by atoms with E-state index in [-0.39, 0.29) is 17.9 Å². The zero-order valence-corrected chi connectivity index (χ0v) is 13.5. The molecule has 2 aliphatic rings. The van der Waals surface area contributed by atoms with Crippen LogP contribution < -0.4 is 5.32 Å². The summed E-state index contributed by atoms with van der Waals surface area (Å²) >= 11 is 0. The lowest BCUT2D eigenvalue weighted by molar-refractivity contribution is -0.121. The van der Waals surface area contributed by atoms with Gasteiger partial charge < -0.3 is 19.4 Å². The molecule has 1 aliphatic heterocycles. The molecule has 1 atom stereocenters. The van der Waals surface area contributed by atoms with E-state index in [1.165, 1.54) is 6.26 Å². The van der Waals surface area contributed by atoms with Crippen LogP contribution in [-0.2, 0) is 9.53 Å². The number of amides is 2. The van der Waals surface area contributed by atoms with Gasteiger partial charge in [0, 0.05) is 32.2 Å². The van der Waals surface area contributed by atoms with Crippen molar-refractivity contribution in [3.63, 3.8) is 0 Å². The van der Waals surface area contributed by atoms with Gasteiger partial charge in [0.25, 0.3) is 5.91 Å². The van der Waals surface area contributed by atoms with Gasteiger partial charge in [-0.15, -0.1) is 0 Å². The Balaban J connectivity index is 1.61. The summed E-state index contributed by atoms with van der Waals surface area (Å²) in [6.07, 6.45) is 6.04. The Morgan fingerprint density at radius 2 is 2.17 bits per heavy atom. The summed E-state index contributed by atoms with van der Waals surface area (Å²) in [6, 6.07) is 2.03. The first-order chi connectivity index (χ1) is 11.1. The molecule has 6 heteroatoms. The van der Waals surface area contributed by atoms with Crippen LogP contribution in [0.2, 0.25) is 0 Å². The topological polar surface area (TPSA) is 71.8 Å². The Labute approximate surface area is 136 Å². The van der Waals surface area contributed by atoms with E-state index >= 15 is 0 Å². The number of hydrogen-bond acceptors (Lipinski definition) is 4. The highest BCUT2D eigenvalue weighted by Crippen LogP contribution is 2.19. The van der Waals surface area contributed by atoms with Crippen LogP contribution in [0.1, 0.15) is 48.2 Å². The minimum atomic E-state index is -0.0917. The first-order valence-corrected chi connectivity index (χ1v) is 8.38. The molecule has 1 N–H and O–H groups in total. The monoisotopic (exact) mass is 320 g/mol. The van der Waals surface area contributed by atoms with E-state index in [0.717, 1.165) is 32.3 Å². The molecule has 1 aliphatic carbocycles. The van der Waals surface area contributed by atoms with Crippen LogP contribution >= 0.6 is 0 Å². The molecule has 1 saturated heterocycles. The van der Waals surface area contributed by atoms with E-state index in [0.29, 0.717) is 36.9 Å². The second-order valence-electron chi connectivity index (χ2n) is 6.37. The lowest BCUT2D eigenvalue weighted by atomic mass is 10.1. The number of aryl methyl sites for hydroxylation is 1. The summed E-state index contributed by atoms with van der Waals surface area (Å²) in [6.45, 7) is 3.46. The maximum atomic E-state index is 12.7. The average molecular weight is 320 g/mol. The third-order valence-corrected chi connectivity index (χ3v) is 4.38. The molecule has 1 aromatic heterocycles. The van der Waals surface area contributed by atoms with Crippen LogP contribution in [0.3, 0.4) is 0 Å². The number of rotatable bonds is 7. The van der Waals surface area contributed by atoms with Crippen LogP contribution in [-0.4, -0.2) is 48.6 Å². The second-order valence-corrected chi connectivity index (χ2v) is 6.37. The minimum Gasteiger partial charge on any atom is -0.469 e. The van der Waals surface area contributed by atoms with Crippen molar-refractivity contribution in [2.75, 3.05) is 19.7 Å². The normalized spacial score (nSPS) is 20.5. The molecule has 126 valence electrons. The molecule has 2 fully saturated rings. The van der Waals surface area contributed by atoms with Gasteiger partial charge in [0.05, 0.1) is 17.9 Å². The smallest absolute Gasteiger partial charge is 0.257 e. The summed E-state index contributed by atoms with van der Waals surface area (Å²) in [5, 5.41) is 2.96. The lowest BCUT2D eigenvalue weighted by Crippen LogP contribution is -2.40. The van der Waals surface area contributed by atoms with Crippen molar-refractivity contribution in [1.82, 2.24) is 10.2 Å². The predicted octanol–water partition coefficient (Wildman–Crippen LogP) is 1.88. The standard InChI is InChI=1S/C17H24N2O4/c1-12-15(7-10-22-12)17(21)19(11-14-3-2-9-23-14)8-6-16(20)18-13-4-5-13/h7,10,13-14H,2-6,8-9,11H2,1H3,(H,18,20)/t14-/m0/s1. The summed E-state index contributed by atoms with van der Waals surface area (Å²) < 4.78 is 10.9. The number of nitrogens with zero attached hydrogens (tertiary/aromatic N) is 1. The SMILES string of the molecule is Cc1occc1C(=O)N(CCC(=O)NC1CC1)C[C@@H]1CCCO1. The quantitative estimate of drug-likeness (QED) is 0.832. The number of furan rings is 1. The maximum Gasteiger partial charge on any atom is 0.257 e. The van der Waals surface area contributed by atoms with Gasteiger partial charge in [-0.25, -0.2) is 0 Å². The van der Waals surface area contributed by atoms with Crippen molar-refractivity contribution >= 4 is 11.8 Å². The Kier molecular flexibility index (Phi) is 5.00. The molecule has 3 rings (SSSR count). The second kappa shape index (κ2) is 7.17. The maximum absolute atomic E-state index is 12.7. The van der Waals surface area contributed by atoms with Crippen LogP contribution in [0, 0.1) is 6.92 Å². The van der Waals surface area contributed by atoms with E-state index in [9.17, 15) is 9.59 Å². The molecule has 23 heavy (non-hydrogen) atoms. The number of nitrogens with one attached hydrogen (secondary N) is 1. The Morgan fingerprint density at radius 3 is 2.78 bits per heavy atom. The van der Waals surface area contributed by atoms with Crippen LogP contribution in [0.15, 0.2) is 16.7 Å². The van der Waals surface area contributed by atoms with Crippen molar-refractivity contribution in [2.45, 2.75) is 51.2 Å². The van der Waals surface area contributed by atoms with E-state index in [1.54, 1.807) is 17.9 Å². The van der Waals surface area contributed by atoms with Crippen molar-refractivity contribution in [3.8, 4) is 0 Å². The lowest BCUT2D eigenvalue weighted by Gasteiger charge is -2.25. The first kappa shape index (κ1) is 16.1. The van der Waals surface area contributed by atoms with Crippen LogP contribution in [0.25, 0.3) is 0 Å². The molecule has 2 heterocycles. The van der Waals surface area contributed by atoms with Gasteiger partial charge >= 0.3 is 0 Å². The number of carbonyl (C=O) groups excluding carboxylic acids is 2. The zero-order chi connectivity index (χ0) is 16.2. The summed E-state index contributed by atoms with van der Waals surface area (Å²) in [7, 11) is 0. The third-order valence-electron chi connectivity index (χ3n) is 4.38. The molecule has 1 saturated carbocycles. The van der Waals surface area contributed by atoms with E-state index in [4.69, 9.17) is 9.15 Å². The van der Waals surface area contributed by atoms with Gasteiger partial charge in [-0.05, 0) is 38.7 Å². The van der Waals surface area contributed by atoms with Gasteiger partial charge in [-0.1, -0.05) is 0 Å². The molecule has 6 nitrogen and oxygen atoms in total. The Morgan fingerprint density at radius 1 is 1.35 bits per heavy atom. The zero-order valence-electron chi connectivity index (χ0n) is 13.5. The molecular formula is C17H24N2O4. The van der Waals surface area contributed by atoms with Crippen molar-refractivity contribution in [1.29, 1.82) is 0 Å². The van der Waals surface area contributed by atoms with E-state index < -0.39 is 0 Å². The molecule has 0 bridgehead atoms. The Hall–Kier alpha value is -1.82. The van der Waals surface area contributed by atoms with Crippen molar-refractivity contribution < 1.29 is 18.7 Å². The fraction of sp³-hybridized carbons (Fsp3) is 0.647. The minimum absolute atomic E-state index is 0.0153. The highest BCUT2D eigenvalue weighted by atomic mass is 16.5. The molecular weight excluding hydrogens is 296 g/mol. The highest BCUT2D eigenvalue weighted by molar-refractivity contribution is 5.95. The van der Waals surface area contributed by atoms with Gasteiger partial charge in [-0.3, -0.25) is 9.59 Å². The van der Waals surface area contributed by atoms with Crippen LogP contribution in [0.4, 0.5) is 0 Å². The molecule has 0 unspecified atom stereocenters. The third kappa shape index (κ3) is 4.34.